The molecule has 1 heterocycles. The summed E-state index contributed by atoms with van der Waals surface area (Å²) in [5.74, 6) is 0.829. The van der Waals surface area contributed by atoms with E-state index in [2.05, 4.69) is 9.97 Å². The van der Waals surface area contributed by atoms with Gasteiger partial charge in [0.15, 0.2) is 0 Å². The first-order chi connectivity index (χ1) is 9.11. The number of amides is 1. The van der Waals surface area contributed by atoms with E-state index in [0.29, 0.717) is 18.1 Å². The van der Waals surface area contributed by atoms with E-state index in [1.54, 1.807) is 25.5 Å². The van der Waals surface area contributed by atoms with E-state index in [-0.39, 0.29) is 17.2 Å². The lowest BCUT2D eigenvalue weighted by Crippen LogP contribution is -2.26. The number of rotatable bonds is 4. The summed E-state index contributed by atoms with van der Waals surface area (Å²) in [4.78, 5) is 20.7. The number of carbonyl (C=O) groups excluding carboxylic acids is 1. The molecule has 0 aliphatic heterocycles. The maximum atomic E-state index is 12.2. The second-order valence-electron chi connectivity index (χ2n) is 4.08. The van der Waals surface area contributed by atoms with Crippen molar-refractivity contribution in [1.29, 1.82) is 0 Å². The van der Waals surface area contributed by atoms with E-state index >= 15 is 0 Å². The second-order valence-corrected chi connectivity index (χ2v) is 4.08. The number of carbonyl (C=O) groups is 1. The molecule has 0 atom stereocenters. The molecule has 0 fully saturated rings. The number of hydrogen-bond acceptors (Lipinski definition) is 4. The van der Waals surface area contributed by atoms with Crippen LogP contribution < -0.4 is 4.74 Å². The third-order valence-corrected chi connectivity index (χ3v) is 2.72. The third-order valence-electron chi connectivity index (χ3n) is 2.72. The topological polar surface area (TPSA) is 78.5 Å². The summed E-state index contributed by atoms with van der Waals surface area (Å²) >= 11 is 0. The lowest BCUT2D eigenvalue weighted by molar-refractivity contribution is 0.0778. The molecule has 0 spiro atoms. The average molecular weight is 261 g/mol. The molecule has 2 rings (SSSR count). The van der Waals surface area contributed by atoms with E-state index in [0.717, 1.165) is 0 Å². The van der Waals surface area contributed by atoms with Gasteiger partial charge < -0.3 is 19.7 Å². The van der Waals surface area contributed by atoms with Crippen LogP contribution in [0.5, 0.6) is 11.5 Å². The van der Waals surface area contributed by atoms with Crippen LogP contribution in [-0.4, -0.2) is 40.0 Å². The Balaban J connectivity index is 2.18. The van der Waals surface area contributed by atoms with Crippen molar-refractivity contribution in [2.75, 3.05) is 14.2 Å². The minimum absolute atomic E-state index is 0.0721. The van der Waals surface area contributed by atoms with Gasteiger partial charge >= 0.3 is 0 Å². The number of aromatic hydroxyl groups is 1. The molecule has 0 saturated heterocycles. The van der Waals surface area contributed by atoms with Gasteiger partial charge in [0.1, 0.15) is 17.3 Å². The van der Waals surface area contributed by atoms with Gasteiger partial charge in [0, 0.05) is 19.4 Å². The van der Waals surface area contributed by atoms with Crippen molar-refractivity contribution in [2.24, 2.45) is 0 Å². The van der Waals surface area contributed by atoms with Gasteiger partial charge in [0.05, 0.1) is 19.2 Å². The monoisotopic (exact) mass is 261 g/mol. The van der Waals surface area contributed by atoms with Crippen LogP contribution in [0.4, 0.5) is 0 Å². The SMILES string of the molecule is COc1ccc(O)c(C(=O)N(C)Cc2ncc[nH]2)c1. The second kappa shape index (κ2) is 5.43. The Hall–Kier alpha value is -2.50. The van der Waals surface area contributed by atoms with E-state index in [9.17, 15) is 9.90 Å². The fourth-order valence-electron chi connectivity index (χ4n) is 1.70. The van der Waals surface area contributed by atoms with Gasteiger partial charge in [-0.15, -0.1) is 0 Å². The Morgan fingerprint density at radius 2 is 2.32 bits per heavy atom. The third kappa shape index (κ3) is 2.85. The van der Waals surface area contributed by atoms with Gasteiger partial charge in [-0.3, -0.25) is 4.79 Å². The zero-order valence-electron chi connectivity index (χ0n) is 10.8. The summed E-state index contributed by atoms with van der Waals surface area (Å²) < 4.78 is 5.05. The van der Waals surface area contributed by atoms with Crippen molar-refractivity contribution in [2.45, 2.75) is 6.54 Å². The molecular formula is C13H15N3O3. The Bertz CT molecular complexity index is 567. The van der Waals surface area contributed by atoms with E-state index in [4.69, 9.17) is 4.74 Å². The summed E-state index contributed by atoms with van der Waals surface area (Å²) in [6.07, 6.45) is 3.31. The maximum Gasteiger partial charge on any atom is 0.257 e. The minimum atomic E-state index is -0.298. The Kier molecular flexibility index (Phi) is 3.70. The van der Waals surface area contributed by atoms with Crippen molar-refractivity contribution in [3.05, 3.63) is 42.0 Å². The fourth-order valence-corrected chi connectivity index (χ4v) is 1.70. The number of methoxy groups -OCH3 is 1. The van der Waals surface area contributed by atoms with Crippen LogP contribution in [-0.2, 0) is 6.54 Å². The Morgan fingerprint density at radius 1 is 1.53 bits per heavy atom. The summed E-state index contributed by atoms with van der Waals surface area (Å²) in [6, 6.07) is 4.54. The molecule has 0 bridgehead atoms. The van der Waals surface area contributed by atoms with Crippen LogP contribution in [0.3, 0.4) is 0 Å². The highest BCUT2D eigenvalue weighted by Crippen LogP contribution is 2.24. The van der Waals surface area contributed by atoms with Gasteiger partial charge in [-0.1, -0.05) is 0 Å². The molecule has 2 N–H and O–H groups in total. The smallest absolute Gasteiger partial charge is 0.257 e. The van der Waals surface area contributed by atoms with Crippen LogP contribution in [0.1, 0.15) is 16.2 Å². The van der Waals surface area contributed by atoms with Crippen LogP contribution in [0.2, 0.25) is 0 Å². The molecule has 0 radical (unpaired) electrons. The van der Waals surface area contributed by atoms with Crippen LogP contribution >= 0.6 is 0 Å². The number of phenolic OH excluding ortho intramolecular Hbond substituents is 1. The zero-order chi connectivity index (χ0) is 13.8. The lowest BCUT2D eigenvalue weighted by atomic mass is 10.1. The number of benzene rings is 1. The molecule has 1 amide bonds. The fraction of sp³-hybridized carbons (Fsp3) is 0.231. The van der Waals surface area contributed by atoms with Crippen molar-refractivity contribution in [3.63, 3.8) is 0 Å². The maximum absolute atomic E-state index is 12.2. The van der Waals surface area contributed by atoms with E-state index < -0.39 is 0 Å². The van der Waals surface area contributed by atoms with E-state index in [1.807, 2.05) is 0 Å². The summed E-state index contributed by atoms with van der Waals surface area (Å²) in [7, 11) is 3.15. The van der Waals surface area contributed by atoms with Crippen LogP contribution in [0, 0.1) is 0 Å². The Morgan fingerprint density at radius 3 is 2.95 bits per heavy atom. The number of hydrogen-bond donors (Lipinski definition) is 2. The highest BCUT2D eigenvalue weighted by Gasteiger charge is 2.17. The first-order valence-corrected chi connectivity index (χ1v) is 5.72. The molecule has 1 aromatic carbocycles. The molecule has 6 heteroatoms. The standard InChI is InChI=1S/C13H15N3O3/c1-16(8-12-14-5-6-15-12)13(18)10-7-9(19-2)3-4-11(10)17/h3-7,17H,8H2,1-2H3,(H,14,15). The minimum Gasteiger partial charge on any atom is -0.507 e. The number of phenols is 1. The van der Waals surface area contributed by atoms with Gasteiger partial charge in [-0.2, -0.15) is 0 Å². The summed E-state index contributed by atoms with van der Waals surface area (Å²) in [6.45, 7) is 0.336. The highest BCUT2D eigenvalue weighted by atomic mass is 16.5. The molecule has 0 aliphatic rings. The molecule has 1 aromatic heterocycles. The molecule has 6 nitrogen and oxygen atoms in total. The van der Waals surface area contributed by atoms with Crippen molar-refractivity contribution < 1.29 is 14.6 Å². The highest BCUT2D eigenvalue weighted by molar-refractivity contribution is 5.97. The van der Waals surface area contributed by atoms with Gasteiger partial charge in [0.25, 0.3) is 5.91 Å². The van der Waals surface area contributed by atoms with Gasteiger partial charge in [0.2, 0.25) is 0 Å². The quantitative estimate of drug-likeness (QED) is 0.872. The van der Waals surface area contributed by atoms with Crippen LogP contribution in [0.25, 0.3) is 0 Å². The number of aromatic nitrogens is 2. The number of nitrogens with one attached hydrogen (secondary N) is 1. The van der Waals surface area contributed by atoms with Crippen molar-refractivity contribution >= 4 is 5.91 Å². The largest absolute Gasteiger partial charge is 0.507 e. The normalized spacial score (nSPS) is 10.2. The number of nitrogens with zero attached hydrogens (tertiary/aromatic N) is 2. The predicted molar refractivity (Wildman–Crippen MR) is 69.0 cm³/mol. The lowest BCUT2D eigenvalue weighted by Gasteiger charge is -2.17. The number of aromatic amines is 1. The summed E-state index contributed by atoms with van der Waals surface area (Å²) in [5.41, 5.74) is 0.202. The van der Waals surface area contributed by atoms with Crippen LogP contribution in [0.15, 0.2) is 30.6 Å². The number of H-pyrrole nitrogens is 1. The number of imidazole rings is 1. The molecule has 0 saturated carbocycles. The van der Waals surface area contributed by atoms with E-state index in [1.165, 1.54) is 24.1 Å². The molecule has 100 valence electrons. The molecule has 2 aromatic rings. The Labute approximate surface area is 110 Å². The van der Waals surface area contributed by atoms with Crippen molar-refractivity contribution in [1.82, 2.24) is 14.9 Å². The summed E-state index contributed by atoms with van der Waals surface area (Å²) in [5, 5.41) is 9.75. The first kappa shape index (κ1) is 12.9. The molecule has 0 aliphatic carbocycles. The van der Waals surface area contributed by atoms with Gasteiger partial charge in [-0.05, 0) is 18.2 Å². The van der Waals surface area contributed by atoms with Gasteiger partial charge in [-0.25, -0.2) is 4.98 Å². The average Bonchev–Trinajstić information content (AvgIpc) is 2.91. The molecule has 19 heavy (non-hydrogen) atoms. The first-order valence-electron chi connectivity index (χ1n) is 5.72. The predicted octanol–water partition coefficient (Wildman–Crippen LogP) is 1.40. The zero-order valence-corrected chi connectivity index (χ0v) is 10.8. The van der Waals surface area contributed by atoms with Crippen molar-refractivity contribution in [3.8, 4) is 11.5 Å². The number of ether oxygens (including phenoxy) is 1. The molecular weight excluding hydrogens is 246 g/mol. The molecule has 0 unspecified atom stereocenters.